The predicted molar refractivity (Wildman–Crippen MR) is 75.6 cm³/mol. The zero-order valence-corrected chi connectivity index (χ0v) is 11.4. The summed E-state index contributed by atoms with van der Waals surface area (Å²) >= 11 is 1.27. The highest BCUT2D eigenvalue weighted by atomic mass is 32.2. The van der Waals surface area contributed by atoms with Crippen LogP contribution in [-0.4, -0.2) is 29.6 Å². The molecule has 0 aliphatic carbocycles. The third kappa shape index (κ3) is 2.80. The summed E-state index contributed by atoms with van der Waals surface area (Å²) in [6.07, 6.45) is 3.81. The topological polar surface area (TPSA) is 64.6 Å². The first-order chi connectivity index (χ1) is 9.72. The van der Waals surface area contributed by atoms with Crippen molar-refractivity contribution in [1.82, 2.24) is 5.32 Å². The summed E-state index contributed by atoms with van der Waals surface area (Å²) < 4.78 is 10.5. The van der Waals surface area contributed by atoms with E-state index in [1.54, 1.807) is 12.1 Å². The van der Waals surface area contributed by atoms with Crippen LogP contribution in [0.2, 0.25) is 0 Å². The van der Waals surface area contributed by atoms with Crippen LogP contribution >= 0.6 is 11.8 Å². The van der Waals surface area contributed by atoms with Crippen LogP contribution in [0.1, 0.15) is 12.0 Å². The monoisotopic (exact) mass is 291 g/mol. The lowest BCUT2D eigenvalue weighted by molar-refractivity contribution is -0.120. The Kier molecular flexibility index (Phi) is 3.64. The minimum Gasteiger partial charge on any atom is -0.454 e. The highest BCUT2D eigenvalue weighted by molar-refractivity contribution is 8.14. The summed E-state index contributed by atoms with van der Waals surface area (Å²) in [5.74, 6) is 1.90. The first-order valence-corrected chi connectivity index (χ1v) is 7.26. The van der Waals surface area contributed by atoms with Gasteiger partial charge < -0.3 is 14.8 Å². The van der Waals surface area contributed by atoms with Crippen LogP contribution in [-0.2, 0) is 9.59 Å². The maximum atomic E-state index is 11.7. The number of carbonyl (C=O) groups excluding carboxylic acids is 2. The Balaban J connectivity index is 1.62. The van der Waals surface area contributed by atoms with E-state index >= 15 is 0 Å². The van der Waals surface area contributed by atoms with Gasteiger partial charge in [-0.3, -0.25) is 9.59 Å². The van der Waals surface area contributed by atoms with Crippen molar-refractivity contribution in [3.8, 4) is 11.5 Å². The van der Waals surface area contributed by atoms with Gasteiger partial charge in [0, 0.05) is 11.8 Å². The van der Waals surface area contributed by atoms with Crippen LogP contribution < -0.4 is 14.8 Å². The second-order valence-corrected chi connectivity index (χ2v) is 5.56. The summed E-state index contributed by atoms with van der Waals surface area (Å²) in [5.41, 5.74) is 0.844. The maximum absolute atomic E-state index is 11.7. The van der Waals surface area contributed by atoms with Crippen molar-refractivity contribution in [3.63, 3.8) is 0 Å². The van der Waals surface area contributed by atoms with Gasteiger partial charge in [-0.25, -0.2) is 0 Å². The number of rotatable bonds is 3. The van der Waals surface area contributed by atoms with E-state index in [-0.39, 0.29) is 23.9 Å². The molecule has 0 spiro atoms. The number of amides is 1. The van der Waals surface area contributed by atoms with Crippen LogP contribution in [0, 0.1) is 0 Å². The lowest BCUT2D eigenvalue weighted by atomic mass is 10.2. The summed E-state index contributed by atoms with van der Waals surface area (Å²) in [6, 6.07) is 5.10. The van der Waals surface area contributed by atoms with Crippen molar-refractivity contribution < 1.29 is 19.1 Å². The third-order valence-corrected chi connectivity index (χ3v) is 4.08. The molecule has 20 heavy (non-hydrogen) atoms. The molecule has 5 nitrogen and oxygen atoms in total. The molecular formula is C14H13NO4S. The Bertz CT molecular complexity index is 585. The molecule has 1 fully saturated rings. The number of carbonyl (C=O) groups is 2. The molecule has 2 aliphatic rings. The van der Waals surface area contributed by atoms with Gasteiger partial charge in [-0.2, -0.15) is 0 Å². The SMILES string of the molecule is O=C(C=Cc1ccc2c(c1)OCO2)NC1CCSC1=O. The first kappa shape index (κ1) is 13.1. The molecule has 1 aromatic carbocycles. The lowest BCUT2D eigenvalue weighted by Gasteiger charge is -2.07. The van der Waals surface area contributed by atoms with Crippen molar-refractivity contribution >= 4 is 28.9 Å². The Hall–Kier alpha value is -1.95. The average Bonchev–Trinajstić information content (AvgIpc) is 3.05. The minimum absolute atomic E-state index is 0.0369. The van der Waals surface area contributed by atoms with Crippen LogP contribution in [0.5, 0.6) is 11.5 Å². The highest BCUT2D eigenvalue weighted by Crippen LogP contribution is 2.32. The number of ether oxygens (including phenoxy) is 2. The van der Waals surface area contributed by atoms with E-state index < -0.39 is 0 Å². The fourth-order valence-corrected chi connectivity index (χ4v) is 2.97. The third-order valence-electron chi connectivity index (χ3n) is 3.08. The standard InChI is InChI=1S/C14H13NO4S/c16-13(15-10-5-6-20-14(10)17)4-2-9-1-3-11-12(7-9)19-8-18-11/h1-4,7,10H,5-6,8H2,(H,15,16). The van der Waals surface area contributed by atoms with Gasteiger partial charge in [0.1, 0.15) is 0 Å². The average molecular weight is 291 g/mol. The molecule has 0 saturated carbocycles. The molecular weight excluding hydrogens is 278 g/mol. The van der Waals surface area contributed by atoms with E-state index in [0.29, 0.717) is 17.9 Å². The number of nitrogens with one attached hydrogen (secondary N) is 1. The summed E-state index contributed by atoms with van der Waals surface area (Å²) in [4.78, 5) is 23.1. The first-order valence-electron chi connectivity index (χ1n) is 6.27. The molecule has 0 bridgehead atoms. The Labute approximate surface area is 120 Å². The molecule has 104 valence electrons. The molecule has 0 radical (unpaired) electrons. The van der Waals surface area contributed by atoms with Crippen molar-refractivity contribution in [2.45, 2.75) is 12.5 Å². The van der Waals surface area contributed by atoms with E-state index in [4.69, 9.17) is 9.47 Å². The molecule has 1 unspecified atom stereocenters. The van der Waals surface area contributed by atoms with Gasteiger partial charge in [-0.05, 0) is 30.2 Å². The Morgan fingerprint density at radius 1 is 1.35 bits per heavy atom. The maximum Gasteiger partial charge on any atom is 0.244 e. The van der Waals surface area contributed by atoms with Gasteiger partial charge in [-0.15, -0.1) is 0 Å². The smallest absolute Gasteiger partial charge is 0.244 e. The van der Waals surface area contributed by atoms with Gasteiger partial charge in [0.25, 0.3) is 0 Å². The normalized spacial score (nSPS) is 20.6. The predicted octanol–water partition coefficient (Wildman–Crippen LogP) is 1.58. The van der Waals surface area contributed by atoms with Gasteiger partial charge in [0.2, 0.25) is 17.8 Å². The fraction of sp³-hybridized carbons (Fsp3) is 0.286. The minimum atomic E-state index is -0.353. The fourth-order valence-electron chi connectivity index (χ4n) is 2.04. The zero-order chi connectivity index (χ0) is 13.9. The van der Waals surface area contributed by atoms with Crippen molar-refractivity contribution in [2.24, 2.45) is 0 Å². The van der Waals surface area contributed by atoms with Crippen molar-refractivity contribution in [3.05, 3.63) is 29.8 Å². The summed E-state index contributed by atoms with van der Waals surface area (Å²) in [5, 5.41) is 2.74. The summed E-state index contributed by atoms with van der Waals surface area (Å²) in [6.45, 7) is 0.227. The molecule has 0 aromatic heterocycles. The van der Waals surface area contributed by atoms with E-state index in [0.717, 1.165) is 11.3 Å². The van der Waals surface area contributed by atoms with E-state index in [1.807, 2.05) is 12.1 Å². The van der Waals surface area contributed by atoms with E-state index in [9.17, 15) is 9.59 Å². The summed E-state index contributed by atoms with van der Waals surface area (Å²) in [7, 11) is 0. The molecule has 6 heteroatoms. The Morgan fingerprint density at radius 3 is 3.00 bits per heavy atom. The van der Waals surface area contributed by atoms with Crippen LogP contribution in [0.4, 0.5) is 0 Å². The van der Waals surface area contributed by atoms with E-state index in [1.165, 1.54) is 17.8 Å². The lowest BCUT2D eigenvalue weighted by Crippen LogP contribution is -2.35. The Morgan fingerprint density at radius 2 is 2.20 bits per heavy atom. The molecule has 3 rings (SSSR count). The largest absolute Gasteiger partial charge is 0.454 e. The molecule has 1 amide bonds. The van der Waals surface area contributed by atoms with Gasteiger partial charge >= 0.3 is 0 Å². The molecule has 1 atom stereocenters. The van der Waals surface area contributed by atoms with Gasteiger partial charge in [0.05, 0.1) is 6.04 Å². The van der Waals surface area contributed by atoms with Crippen molar-refractivity contribution in [2.75, 3.05) is 12.5 Å². The number of hydrogen-bond acceptors (Lipinski definition) is 5. The second kappa shape index (κ2) is 5.58. The molecule has 2 heterocycles. The second-order valence-electron chi connectivity index (χ2n) is 4.46. The zero-order valence-electron chi connectivity index (χ0n) is 10.6. The van der Waals surface area contributed by atoms with Gasteiger partial charge in [0.15, 0.2) is 11.5 Å². The molecule has 1 saturated heterocycles. The number of thioether (sulfide) groups is 1. The van der Waals surface area contributed by atoms with Crippen LogP contribution in [0.25, 0.3) is 6.08 Å². The number of fused-ring (bicyclic) bond motifs is 1. The van der Waals surface area contributed by atoms with Gasteiger partial charge in [-0.1, -0.05) is 17.8 Å². The highest BCUT2D eigenvalue weighted by Gasteiger charge is 2.25. The number of hydrogen-bond donors (Lipinski definition) is 1. The van der Waals surface area contributed by atoms with Crippen molar-refractivity contribution in [1.29, 1.82) is 0 Å². The van der Waals surface area contributed by atoms with Crippen LogP contribution in [0.3, 0.4) is 0 Å². The van der Waals surface area contributed by atoms with E-state index in [2.05, 4.69) is 5.32 Å². The number of benzene rings is 1. The molecule has 2 aliphatic heterocycles. The quantitative estimate of drug-likeness (QED) is 0.857. The van der Waals surface area contributed by atoms with Crippen LogP contribution in [0.15, 0.2) is 24.3 Å². The molecule has 1 N–H and O–H groups in total. The molecule has 1 aromatic rings.